The molecule has 0 aliphatic carbocycles. The molecule has 19 heavy (non-hydrogen) atoms. The number of halogens is 2. The Morgan fingerprint density at radius 1 is 1.47 bits per heavy atom. The average molecular weight is 342 g/mol. The normalized spacial score (nSPS) is 10.3. The Balaban J connectivity index is 2.44. The SMILES string of the molecule is Cc1c(Cl)cccc1Nc1ncc(Br)cc1C(=O)O. The largest absolute Gasteiger partial charge is 0.478 e. The maximum Gasteiger partial charge on any atom is 0.339 e. The van der Waals surface area contributed by atoms with Crippen LogP contribution in [0, 0.1) is 6.92 Å². The minimum atomic E-state index is -1.05. The van der Waals surface area contributed by atoms with Crippen molar-refractivity contribution in [1.82, 2.24) is 4.98 Å². The van der Waals surface area contributed by atoms with Crippen LogP contribution in [0.3, 0.4) is 0 Å². The van der Waals surface area contributed by atoms with Crippen LogP contribution in [-0.2, 0) is 0 Å². The van der Waals surface area contributed by atoms with Gasteiger partial charge >= 0.3 is 5.97 Å². The molecule has 0 aliphatic heterocycles. The van der Waals surface area contributed by atoms with E-state index in [2.05, 4.69) is 26.2 Å². The van der Waals surface area contributed by atoms with Crippen LogP contribution in [-0.4, -0.2) is 16.1 Å². The van der Waals surface area contributed by atoms with Gasteiger partial charge in [-0.1, -0.05) is 17.7 Å². The summed E-state index contributed by atoms with van der Waals surface area (Å²) in [5.41, 5.74) is 1.66. The van der Waals surface area contributed by atoms with Crippen LogP contribution < -0.4 is 5.32 Å². The summed E-state index contributed by atoms with van der Waals surface area (Å²) < 4.78 is 0.610. The highest BCUT2D eigenvalue weighted by atomic mass is 79.9. The molecule has 1 aromatic heterocycles. The van der Waals surface area contributed by atoms with Crippen LogP contribution in [0.15, 0.2) is 34.9 Å². The lowest BCUT2D eigenvalue weighted by atomic mass is 10.2. The van der Waals surface area contributed by atoms with Crippen molar-refractivity contribution in [2.75, 3.05) is 5.32 Å². The Hall–Kier alpha value is -1.59. The molecule has 0 atom stereocenters. The number of pyridine rings is 1. The van der Waals surface area contributed by atoms with Crippen LogP contribution in [0.5, 0.6) is 0 Å². The molecule has 2 aromatic rings. The maximum atomic E-state index is 11.2. The maximum absolute atomic E-state index is 11.2. The highest BCUT2D eigenvalue weighted by Gasteiger charge is 2.13. The van der Waals surface area contributed by atoms with Gasteiger partial charge in [0.05, 0.1) is 0 Å². The molecule has 0 fully saturated rings. The zero-order valence-electron chi connectivity index (χ0n) is 9.95. The number of benzene rings is 1. The van der Waals surface area contributed by atoms with E-state index in [4.69, 9.17) is 16.7 Å². The lowest BCUT2D eigenvalue weighted by Crippen LogP contribution is -2.05. The fourth-order valence-corrected chi connectivity index (χ4v) is 2.08. The zero-order valence-corrected chi connectivity index (χ0v) is 12.3. The van der Waals surface area contributed by atoms with E-state index in [9.17, 15) is 4.79 Å². The number of rotatable bonds is 3. The number of hydrogen-bond donors (Lipinski definition) is 2. The molecule has 0 spiro atoms. The van der Waals surface area contributed by atoms with Gasteiger partial charge in [-0.25, -0.2) is 9.78 Å². The summed E-state index contributed by atoms with van der Waals surface area (Å²) in [5.74, 6) is -0.767. The first kappa shape index (κ1) is 13.8. The molecule has 4 nitrogen and oxygen atoms in total. The Morgan fingerprint density at radius 3 is 2.89 bits per heavy atom. The number of aromatic nitrogens is 1. The fourth-order valence-electron chi connectivity index (χ4n) is 1.57. The second-order valence-electron chi connectivity index (χ2n) is 3.89. The molecule has 98 valence electrons. The second-order valence-corrected chi connectivity index (χ2v) is 5.22. The van der Waals surface area contributed by atoms with Crippen LogP contribution in [0.2, 0.25) is 5.02 Å². The summed E-state index contributed by atoms with van der Waals surface area (Å²) >= 11 is 9.22. The number of nitrogens with one attached hydrogen (secondary N) is 1. The molecule has 0 aliphatic rings. The molecule has 2 N–H and O–H groups in total. The predicted molar refractivity (Wildman–Crippen MR) is 78.4 cm³/mol. The monoisotopic (exact) mass is 340 g/mol. The van der Waals surface area contributed by atoms with Gasteiger partial charge < -0.3 is 10.4 Å². The average Bonchev–Trinajstić information content (AvgIpc) is 2.36. The number of hydrogen-bond acceptors (Lipinski definition) is 3. The fraction of sp³-hybridized carbons (Fsp3) is 0.0769. The van der Waals surface area contributed by atoms with Gasteiger partial charge in [-0.3, -0.25) is 0 Å². The van der Waals surface area contributed by atoms with Crippen molar-refractivity contribution in [3.05, 3.63) is 51.1 Å². The van der Waals surface area contributed by atoms with Crippen molar-refractivity contribution in [2.24, 2.45) is 0 Å². The van der Waals surface area contributed by atoms with E-state index in [1.54, 1.807) is 12.1 Å². The van der Waals surface area contributed by atoms with Crippen LogP contribution in [0.4, 0.5) is 11.5 Å². The third-order valence-corrected chi connectivity index (χ3v) is 3.45. The number of nitrogens with zero attached hydrogens (tertiary/aromatic N) is 1. The van der Waals surface area contributed by atoms with Gasteiger partial charge in [-0.15, -0.1) is 0 Å². The van der Waals surface area contributed by atoms with E-state index in [0.717, 1.165) is 11.3 Å². The standard InChI is InChI=1S/C13H10BrClN2O2/c1-7-10(15)3-2-4-11(7)17-12-9(13(18)19)5-8(14)6-16-12/h2-6H,1H3,(H,16,17)(H,18,19). The quantitative estimate of drug-likeness (QED) is 0.876. The number of carbonyl (C=O) groups is 1. The van der Waals surface area contributed by atoms with E-state index >= 15 is 0 Å². The number of anilines is 2. The minimum absolute atomic E-state index is 0.0914. The van der Waals surface area contributed by atoms with Gasteiger partial charge in [-0.05, 0) is 46.6 Å². The second kappa shape index (κ2) is 5.59. The summed E-state index contributed by atoms with van der Waals surface area (Å²) in [5, 5.41) is 12.8. The Labute approximate surface area is 123 Å². The molecular formula is C13H10BrClN2O2. The van der Waals surface area contributed by atoms with Gasteiger partial charge in [0, 0.05) is 21.4 Å². The highest BCUT2D eigenvalue weighted by molar-refractivity contribution is 9.10. The molecule has 0 unspecified atom stereocenters. The smallest absolute Gasteiger partial charge is 0.339 e. The van der Waals surface area contributed by atoms with Gasteiger partial charge in [0.2, 0.25) is 0 Å². The molecule has 2 rings (SSSR count). The van der Waals surface area contributed by atoms with Crippen LogP contribution in [0.1, 0.15) is 15.9 Å². The van der Waals surface area contributed by atoms with E-state index in [-0.39, 0.29) is 11.4 Å². The van der Waals surface area contributed by atoms with Crippen molar-refractivity contribution in [3.63, 3.8) is 0 Å². The predicted octanol–water partition coefficient (Wildman–Crippen LogP) is 4.25. The molecule has 1 aromatic carbocycles. The Bertz CT molecular complexity index is 647. The van der Waals surface area contributed by atoms with Gasteiger partial charge in [0.1, 0.15) is 11.4 Å². The first-order valence-electron chi connectivity index (χ1n) is 5.40. The molecule has 1 heterocycles. The molecule has 0 saturated heterocycles. The summed E-state index contributed by atoms with van der Waals surface area (Å²) in [7, 11) is 0. The van der Waals surface area contributed by atoms with Crippen molar-refractivity contribution in [2.45, 2.75) is 6.92 Å². The third-order valence-electron chi connectivity index (χ3n) is 2.61. The summed E-state index contributed by atoms with van der Waals surface area (Å²) in [6.45, 7) is 1.85. The Morgan fingerprint density at radius 2 is 2.21 bits per heavy atom. The van der Waals surface area contributed by atoms with Crippen molar-refractivity contribution in [1.29, 1.82) is 0 Å². The zero-order chi connectivity index (χ0) is 14.0. The topological polar surface area (TPSA) is 62.2 Å². The summed E-state index contributed by atoms with van der Waals surface area (Å²) in [6.07, 6.45) is 1.54. The minimum Gasteiger partial charge on any atom is -0.478 e. The molecule has 6 heteroatoms. The van der Waals surface area contributed by atoms with E-state index < -0.39 is 5.97 Å². The molecule has 0 saturated carbocycles. The van der Waals surface area contributed by atoms with Gasteiger partial charge in [0.25, 0.3) is 0 Å². The highest BCUT2D eigenvalue weighted by Crippen LogP contribution is 2.27. The van der Waals surface area contributed by atoms with E-state index in [1.165, 1.54) is 12.3 Å². The molecular weight excluding hydrogens is 332 g/mol. The van der Waals surface area contributed by atoms with Gasteiger partial charge in [-0.2, -0.15) is 0 Å². The van der Waals surface area contributed by atoms with E-state index in [0.29, 0.717) is 9.50 Å². The molecule has 0 radical (unpaired) electrons. The Kier molecular flexibility index (Phi) is 4.07. The van der Waals surface area contributed by atoms with Crippen molar-refractivity contribution < 1.29 is 9.90 Å². The van der Waals surface area contributed by atoms with Gasteiger partial charge in [0.15, 0.2) is 0 Å². The van der Waals surface area contributed by atoms with E-state index in [1.807, 2.05) is 13.0 Å². The first-order chi connectivity index (χ1) is 8.99. The summed E-state index contributed by atoms with van der Waals surface area (Å²) in [4.78, 5) is 15.3. The molecule has 0 bridgehead atoms. The number of aromatic carboxylic acids is 1. The van der Waals surface area contributed by atoms with Crippen molar-refractivity contribution in [3.8, 4) is 0 Å². The number of carboxylic acids is 1. The lowest BCUT2D eigenvalue weighted by molar-refractivity contribution is 0.0697. The molecule has 0 amide bonds. The first-order valence-corrected chi connectivity index (χ1v) is 6.57. The van der Waals surface area contributed by atoms with Crippen LogP contribution >= 0.6 is 27.5 Å². The number of carboxylic acid groups (broad SMARTS) is 1. The van der Waals surface area contributed by atoms with Crippen LogP contribution in [0.25, 0.3) is 0 Å². The third kappa shape index (κ3) is 3.05. The van der Waals surface area contributed by atoms with Crippen molar-refractivity contribution >= 4 is 45.0 Å². The lowest BCUT2D eigenvalue weighted by Gasteiger charge is -2.12. The summed E-state index contributed by atoms with van der Waals surface area (Å²) in [6, 6.07) is 6.88.